The molecular formula is C18H16FNO4. The summed E-state index contributed by atoms with van der Waals surface area (Å²) in [7, 11) is 0. The first-order valence-electron chi connectivity index (χ1n) is 7.58. The van der Waals surface area contributed by atoms with E-state index in [1.165, 1.54) is 30.3 Å². The predicted molar refractivity (Wildman–Crippen MR) is 84.6 cm³/mol. The molecule has 0 fully saturated rings. The van der Waals surface area contributed by atoms with Crippen molar-refractivity contribution >= 4 is 11.9 Å². The zero-order chi connectivity index (χ0) is 17.1. The molecule has 0 spiro atoms. The Morgan fingerprint density at radius 2 is 1.96 bits per heavy atom. The van der Waals surface area contributed by atoms with Crippen LogP contribution in [-0.2, 0) is 17.6 Å². The maximum atomic E-state index is 13.2. The molecule has 0 bridgehead atoms. The molecule has 0 unspecified atom stereocenters. The van der Waals surface area contributed by atoms with E-state index in [1.54, 1.807) is 12.1 Å². The van der Waals surface area contributed by atoms with E-state index in [-0.39, 0.29) is 17.3 Å². The van der Waals surface area contributed by atoms with Crippen LogP contribution in [0.1, 0.15) is 21.5 Å². The summed E-state index contributed by atoms with van der Waals surface area (Å²) in [5.74, 6) is -1.01. The van der Waals surface area contributed by atoms with Gasteiger partial charge in [0, 0.05) is 18.5 Å². The van der Waals surface area contributed by atoms with Gasteiger partial charge in [0.25, 0.3) is 5.91 Å². The lowest BCUT2D eigenvalue weighted by atomic mass is 10.1. The van der Waals surface area contributed by atoms with Crippen molar-refractivity contribution in [1.29, 1.82) is 0 Å². The second kappa shape index (κ2) is 6.70. The highest BCUT2D eigenvalue weighted by atomic mass is 19.1. The molecule has 5 nitrogen and oxygen atoms in total. The third-order valence-corrected chi connectivity index (χ3v) is 3.90. The van der Waals surface area contributed by atoms with Gasteiger partial charge in [-0.2, -0.15) is 0 Å². The maximum Gasteiger partial charge on any atom is 0.335 e. The fraction of sp³-hybridized carbons (Fsp3) is 0.222. The van der Waals surface area contributed by atoms with Crippen molar-refractivity contribution in [2.75, 3.05) is 6.54 Å². The van der Waals surface area contributed by atoms with Gasteiger partial charge >= 0.3 is 5.97 Å². The number of carbonyl (C=O) groups excluding carboxylic acids is 1. The largest absolute Gasteiger partial charge is 0.480 e. The smallest absolute Gasteiger partial charge is 0.335 e. The van der Waals surface area contributed by atoms with E-state index in [9.17, 15) is 14.0 Å². The Kier molecular flexibility index (Phi) is 4.46. The van der Waals surface area contributed by atoms with E-state index in [2.05, 4.69) is 5.32 Å². The topological polar surface area (TPSA) is 75.6 Å². The van der Waals surface area contributed by atoms with Crippen molar-refractivity contribution in [3.8, 4) is 5.75 Å². The van der Waals surface area contributed by atoms with E-state index in [0.29, 0.717) is 30.7 Å². The number of fused-ring (bicyclic) bond motifs is 1. The number of carbonyl (C=O) groups is 2. The number of carboxylic acids is 1. The van der Waals surface area contributed by atoms with Gasteiger partial charge in [-0.25, -0.2) is 9.18 Å². The van der Waals surface area contributed by atoms with Gasteiger partial charge in [0.15, 0.2) is 6.10 Å². The highest BCUT2D eigenvalue weighted by molar-refractivity contribution is 5.87. The van der Waals surface area contributed by atoms with Crippen molar-refractivity contribution in [3.63, 3.8) is 0 Å². The molecule has 2 aromatic rings. The van der Waals surface area contributed by atoms with Crippen LogP contribution in [0, 0.1) is 5.82 Å². The minimum atomic E-state index is -0.968. The van der Waals surface area contributed by atoms with Gasteiger partial charge in [-0.1, -0.05) is 12.1 Å². The number of amides is 1. The normalized spacial score (nSPS) is 15.5. The average molecular weight is 329 g/mol. The van der Waals surface area contributed by atoms with Crippen LogP contribution in [0.4, 0.5) is 4.39 Å². The lowest BCUT2D eigenvalue weighted by Crippen LogP contribution is -2.38. The van der Waals surface area contributed by atoms with Gasteiger partial charge in [0.1, 0.15) is 11.6 Å². The molecule has 1 heterocycles. The van der Waals surface area contributed by atoms with Gasteiger partial charge in [0.05, 0.1) is 5.56 Å². The van der Waals surface area contributed by atoms with Crippen molar-refractivity contribution in [2.24, 2.45) is 0 Å². The third-order valence-electron chi connectivity index (χ3n) is 3.90. The monoisotopic (exact) mass is 329 g/mol. The van der Waals surface area contributed by atoms with Crippen LogP contribution in [0.25, 0.3) is 0 Å². The number of hydrogen-bond donors (Lipinski definition) is 2. The van der Waals surface area contributed by atoms with Crippen LogP contribution < -0.4 is 10.1 Å². The van der Waals surface area contributed by atoms with Crippen LogP contribution >= 0.6 is 0 Å². The van der Waals surface area contributed by atoms with Crippen LogP contribution in [0.3, 0.4) is 0 Å². The van der Waals surface area contributed by atoms with E-state index in [0.717, 1.165) is 5.56 Å². The average Bonchev–Trinajstić information content (AvgIpc) is 2.98. The van der Waals surface area contributed by atoms with Crippen LogP contribution in [0.5, 0.6) is 5.75 Å². The van der Waals surface area contributed by atoms with Crippen LogP contribution in [0.2, 0.25) is 0 Å². The van der Waals surface area contributed by atoms with Gasteiger partial charge in [-0.15, -0.1) is 0 Å². The summed E-state index contributed by atoms with van der Waals surface area (Å²) in [5.41, 5.74) is 1.85. The maximum absolute atomic E-state index is 13.2. The molecule has 1 aliphatic heterocycles. The number of ether oxygens (including phenoxy) is 1. The zero-order valence-electron chi connectivity index (χ0n) is 12.8. The molecule has 1 amide bonds. The molecule has 2 aromatic carbocycles. The Hall–Kier alpha value is -2.89. The fourth-order valence-corrected chi connectivity index (χ4v) is 2.62. The number of aromatic carboxylic acids is 1. The summed E-state index contributed by atoms with van der Waals surface area (Å²) < 4.78 is 18.7. The van der Waals surface area contributed by atoms with Crippen LogP contribution in [0.15, 0.2) is 42.5 Å². The van der Waals surface area contributed by atoms with E-state index in [1.807, 2.05) is 0 Å². The van der Waals surface area contributed by atoms with Crippen molar-refractivity contribution in [1.82, 2.24) is 5.32 Å². The standard InChI is InChI=1S/C18H16FNO4/c19-14-5-6-15-13(9-14)10-16(24-15)17(21)20-8-7-11-1-3-12(4-2-11)18(22)23/h1-6,9,16H,7-8,10H2,(H,20,21)(H,22,23)/t16-/m0/s1. The summed E-state index contributed by atoms with van der Waals surface area (Å²) in [5, 5.41) is 11.6. The Morgan fingerprint density at radius 1 is 1.21 bits per heavy atom. The molecule has 6 heteroatoms. The molecule has 0 saturated carbocycles. The van der Waals surface area contributed by atoms with Gasteiger partial charge < -0.3 is 15.2 Å². The summed E-state index contributed by atoms with van der Waals surface area (Å²) >= 11 is 0. The number of hydrogen-bond acceptors (Lipinski definition) is 3. The van der Waals surface area contributed by atoms with E-state index >= 15 is 0 Å². The molecule has 0 aromatic heterocycles. The Bertz CT molecular complexity index is 773. The molecule has 124 valence electrons. The number of halogens is 1. The summed E-state index contributed by atoms with van der Waals surface area (Å²) in [6.07, 6.45) is 0.294. The van der Waals surface area contributed by atoms with E-state index < -0.39 is 12.1 Å². The SMILES string of the molecule is O=C(O)c1ccc(CCNC(=O)[C@@H]2Cc3cc(F)ccc3O2)cc1. The lowest BCUT2D eigenvalue weighted by Gasteiger charge is -2.11. The Labute approximate surface area is 138 Å². The molecule has 0 saturated heterocycles. The molecule has 0 radical (unpaired) electrons. The summed E-state index contributed by atoms with van der Waals surface area (Å²) in [6.45, 7) is 0.413. The van der Waals surface area contributed by atoms with Gasteiger partial charge in [0.2, 0.25) is 0 Å². The van der Waals surface area contributed by atoms with Crippen molar-refractivity contribution in [3.05, 3.63) is 65.0 Å². The first-order chi connectivity index (χ1) is 11.5. The minimum Gasteiger partial charge on any atom is -0.480 e. The minimum absolute atomic E-state index is 0.229. The van der Waals surface area contributed by atoms with Crippen LogP contribution in [-0.4, -0.2) is 29.6 Å². The highest BCUT2D eigenvalue weighted by Gasteiger charge is 2.29. The Balaban J connectivity index is 1.49. The first-order valence-corrected chi connectivity index (χ1v) is 7.58. The quantitative estimate of drug-likeness (QED) is 0.882. The second-order valence-corrected chi connectivity index (χ2v) is 5.61. The fourth-order valence-electron chi connectivity index (χ4n) is 2.62. The Morgan fingerprint density at radius 3 is 2.67 bits per heavy atom. The molecule has 1 atom stereocenters. The van der Waals surface area contributed by atoms with E-state index in [4.69, 9.17) is 9.84 Å². The number of benzene rings is 2. The van der Waals surface area contributed by atoms with Gasteiger partial charge in [-0.3, -0.25) is 4.79 Å². The van der Waals surface area contributed by atoms with Crippen molar-refractivity contribution < 1.29 is 23.8 Å². The number of nitrogens with one attached hydrogen (secondary N) is 1. The number of carboxylic acid groups (broad SMARTS) is 1. The van der Waals surface area contributed by atoms with Crippen molar-refractivity contribution in [2.45, 2.75) is 18.9 Å². The first kappa shape index (κ1) is 16.0. The molecular weight excluding hydrogens is 313 g/mol. The number of rotatable bonds is 5. The summed E-state index contributed by atoms with van der Waals surface area (Å²) in [6, 6.07) is 10.7. The highest BCUT2D eigenvalue weighted by Crippen LogP contribution is 2.29. The zero-order valence-corrected chi connectivity index (χ0v) is 12.8. The molecule has 1 aliphatic rings. The third kappa shape index (κ3) is 3.53. The predicted octanol–water partition coefficient (Wildman–Crippen LogP) is 2.19. The van der Waals surface area contributed by atoms with Gasteiger partial charge in [-0.05, 0) is 42.3 Å². The molecule has 24 heavy (non-hydrogen) atoms. The molecule has 0 aliphatic carbocycles. The lowest BCUT2D eigenvalue weighted by molar-refractivity contribution is -0.127. The summed E-state index contributed by atoms with van der Waals surface area (Å²) in [4.78, 5) is 22.9. The second-order valence-electron chi connectivity index (χ2n) is 5.61. The molecule has 2 N–H and O–H groups in total. The molecule has 3 rings (SSSR count).